The van der Waals surface area contributed by atoms with Crippen molar-refractivity contribution < 1.29 is 34.1 Å². The Morgan fingerprint density at radius 2 is 1.48 bits per heavy atom. The van der Waals surface area contributed by atoms with Crippen LogP contribution in [0.15, 0.2) is 24.3 Å². The molecule has 0 aromatic rings. The van der Waals surface area contributed by atoms with Crippen LogP contribution >= 0.6 is 0 Å². The number of aliphatic hydroxyl groups is 1. The molecular weight excluding hydrogens is 304 g/mol. The van der Waals surface area contributed by atoms with Crippen LogP contribution < -0.4 is 0 Å². The van der Waals surface area contributed by atoms with Gasteiger partial charge in [0.2, 0.25) is 0 Å². The maximum atomic E-state index is 11.5. The highest BCUT2D eigenvalue weighted by molar-refractivity contribution is 5.82. The van der Waals surface area contributed by atoms with Gasteiger partial charge < -0.3 is 19.7 Å². The molecule has 0 unspecified atom stereocenters. The zero-order valence-electron chi connectivity index (χ0n) is 13.6. The Hall–Kier alpha value is -2.15. The molecule has 7 heteroatoms. The molecule has 3 atom stereocenters. The van der Waals surface area contributed by atoms with E-state index in [1.807, 2.05) is 0 Å². The lowest BCUT2D eigenvalue weighted by molar-refractivity contribution is -0.150. The van der Waals surface area contributed by atoms with Crippen LogP contribution in [0.2, 0.25) is 0 Å². The van der Waals surface area contributed by atoms with Crippen molar-refractivity contribution in [3.05, 3.63) is 24.3 Å². The molecule has 7 nitrogen and oxygen atoms in total. The van der Waals surface area contributed by atoms with E-state index in [1.54, 1.807) is 13.8 Å². The monoisotopic (exact) mass is 328 g/mol. The van der Waals surface area contributed by atoms with Crippen molar-refractivity contribution in [3.63, 3.8) is 0 Å². The van der Waals surface area contributed by atoms with E-state index in [-0.39, 0.29) is 6.42 Å². The molecule has 0 bridgehead atoms. The van der Waals surface area contributed by atoms with E-state index in [0.29, 0.717) is 12.8 Å². The minimum Gasteiger partial charge on any atom is -0.478 e. The van der Waals surface area contributed by atoms with Crippen LogP contribution in [-0.2, 0) is 23.9 Å². The molecule has 0 aliphatic carbocycles. The van der Waals surface area contributed by atoms with Crippen LogP contribution in [0.25, 0.3) is 0 Å². The van der Waals surface area contributed by atoms with Crippen molar-refractivity contribution in [3.8, 4) is 0 Å². The fourth-order valence-corrected chi connectivity index (χ4v) is 1.56. The van der Waals surface area contributed by atoms with Gasteiger partial charge in [-0.1, -0.05) is 12.2 Å². The smallest absolute Gasteiger partial charge is 0.330 e. The molecule has 0 radical (unpaired) electrons. The zero-order valence-corrected chi connectivity index (χ0v) is 13.6. The highest BCUT2D eigenvalue weighted by Crippen LogP contribution is 2.04. The number of rotatable bonds is 10. The minimum atomic E-state index is -1.05. The number of esters is 2. The second kappa shape index (κ2) is 11.4. The Morgan fingerprint density at radius 3 is 2.00 bits per heavy atom. The fourth-order valence-electron chi connectivity index (χ4n) is 1.56. The third-order valence-electron chi connectivity index (χ3n) is 2.56. The van der Waals surface area contributed by atoms with E-state index in [9.17, 15) is 14.4 Å². The summed E-state index contributed by atoms with van der Waals surface area (Å²) in [5.41, 5.74) is 0. The van der Waals surface area contributed by atoms with Crippen molar-refractivity contribution in [2.24, 2.45) is 0 Å². The molecule has 130 valence electrons. The number of carbonyl (C=O) groups excluding carboxylic acids is 2. The molecule has 0 aromatic heterocycles. The van der Waals surface area contributed by atoms with Crippen molar-refractivity contribution in [2.75, 3.05) is 0 Å². The molecular formula is C16H24O7. The van der Waals surface area contributed by atoms with Gasteiger partial charge in [0, 0.05) is 25.0 Å². The summed E-state index contributed by atoms with van der Waals surface area (Å²) in [6, 6.07) is 0. The van der Waals surface area contributed by atoms with Crippen LogP contribution in [0.1, 0.15) is 40.0 Å². The number of carboxylic acid groups (broad SMARTS) is 1. The number of carboxylic acids is 1. The van der Waals surface area contributed by atoms with E-state index in [4.69, 9.17) is 19.7 Å². The first kappa shape index (κ1) is 20.9. The lowest BCUT2D eigenvalue weighted by Crippen LogP contribution is -2.18. The van der Waals surface area contributed by atoms with E-state index in [0.717, 1.165) is 6.08 Å². The molecule has 23 heavy (non-hydrogen) atoms. The Bertz CT molecular complexity index is 451. The molecule has 0 amide bonds. The largest absolute Gasteiger partial charge is 0.478 e. The van der Waals surface area contributed by atoms with Crippen LogP contribution in [0.4, 0.5) is 0 Å². The second-order valence-corrected chi connectivity index (χ2v) is 5.22. The number of hydrogen-bond acceptors (Lipinski definition) is 6. The Labute approximate surface area is 135 Å². The van der Waals surface area contributed by atoms with Gasteiger partial charge in [0.05, 0.1) is 12.5 Å². The summed E-state index contributed by atoms with van der Waals surface area (Å²) in [5.74, 6) is -2.10. The first-order valence-electron chi connectivity index (χ1n) is 7.34. The third-order valence-corrected chi connectivity index (χ3v) is 2.56. The van der Waals surface area contributed by atoms with Gasteiger partial charge in [0.1, 0.15) is 12.2 Å². The topological polar surface area (TPSA) is 110 Å². The third kappa shape index (κ3) is 13.2. The normalized spacial score (nSPS) is 15.3. The van der Waals surface area contributed by atoms with Gasteiger partial charge in [-0.15, -0.1) is 0 Å². The molecule has 0 aliphatic heterocycles. The molecule has 2 N–H and O–H groups in total. The Kier molecular flexibility index (Phi) is 10.4. The number of aliphatic carboxylic acids is 1. The first-order valence-corrected chi connectivity index (χ1v) is 7.34. The van der Waals surface area contributed by atoms with Crippen LogP contribution in [0, 0.1) is 0 Å². The van der Waals surface area contributed by atoms with Gasteiger partial charge in [0.25, 0.3) is 0 Å². The average Bonchev–Trinajstić information content (AvgIpc) is 2.36. The Balaban J connectivity index is 4.03. The van der Waals surface area contributed by atoms with Gasteiger partial charge in [0.15, 0.2) is 0 Å². The second-order valence-electron chi connectivity index (χ2n) is 5.22. The SMILES string of the molecule is C[C@H](O)CC(=O)O[C@@H](C)C/C=C/C(=O)O[C@@H](C)C/C=C/C(=O)O. The molecule has 0 fully saturated rings. The standard InChI is InChI=1S/C16H24O7/c1-11(17)10-16(21)23-13(3)7-5-9-15(20)22-12(2)6-4-8-14(18)19/h4-5,8-9,11-13,17H,6-7,10H2,1-3H3,(H,18,19)/b8-4+,9-5+/t11-,12-,13-/m0/s1. The van der Waals surface area contributed by atoms with Gasteiger partial charge >= 0.3 is 17.9 Å². The van der Waals surface area contributed by atoms with E-state index >= 15 is 0 Å². The van der Waals surface area contributed by atoms with Crippen molar-refractivity contribution in [1.82, 2.24) is 0 Å². The summed E-state index contributed by atoms with van der Waals surface area (Å²) < 4.78 is 10.1. The number of carbonyl (C=O) groups is 3. The van der Waals surface area contributed by atoms with Gasteiger partial charge in [-0.25, -0.2) is 9.59 Å². The molecule has 0 saturated carbocycles. The maximum absolute atomic E-state index is 11.5. The summed E-state index contributed by atoms with van der Waals surface area (Å²) >= 11 is 0. The molecule has 0 rings (SSSR count). The lowest BCUT2D eigenvalue weighted by atomic mass is 10.2. The summed E-state index contributed by atoms with van der Waals surface area (Å²) in [7, 11) is 0. The predicted octanol–water partition coefficient (Wildman–Crippen LogP) is 1.60. The van der Waals surface area contributed by atoms with Gasteiger partial charge in [-0.2, -0.15) is 0 Å². The van der Waals surface area contributed by atoms with Crippen LogP contribution in [0.3, 0.4) is 0 Å². The Morgan fingerprint density at radius 1 is 0.957 bits per heavy atom. The number of ether oxygens (including phenoxy) is 2. The summed E-state index contributed by atoms with van der Waals surface area (Å²) in [6.07, 6.45) is 4.13. The molecule has 0 saturated heterocycles. The van der Waals surface area contributed by atoms with Crippen LogP contribution in [-0.4, -0.2) is 46.4 Å². The molecule has 0 aromatic carbocycles. The van der Waals surface area contributed by atoms with Crippen molar-refractivity contribution in [2.45, 2.75) is 58.3 Å². The first-order chi connectivity index (χ1) is 10.7. The molecule has 0 aliphatic rings. The highest BCUT2D eigenvalue weighted by Gasteiger charge is 2.11. The fraction of sp³-hybridized carbons (Fsp3) is 0.562. The van der Waals surface area contributed by atoms with Crippen molar-refractivity contribution >= 4 is 17.9 Å². The van der Waals surface area contributed by atoms with E-state index in [2.05, 4.69) is 0 Å². The van der Waals surface area contributed by atoms with E-state index in [1.165, 1.54) is 25.2 Å². The maximum Gasteiger partial charge on any atom is 0.330 e. The quantitative estimate of drug-likeness (QED) is 0.463. The summed E-state index contributed by atoms with van der Waals surface area (Å²) in [6.45, 7) is 4.82. The predicted molar refractivity (Wildman–Crippen MR) is 82.6 cm³/mol. The summed E-state index contributed by atoms with van der Waals surface area (Å²) in [5, 5.41) is 17.5. The summed E-state index contributed by atoms with van der Waals surface area (Å²) in [4.78, 5) is 33.1. The van der Waals surface area contributed by atoms with Crippen molar-refractivity contribution in [1.29, 1.82) is 0 Å². The van der Waals surface area contributed by atoms with E-state index < -0.39 is 36.2 Å². The highest BCUT2D eigenvalue weighted by atomic mass is 16.5. The number of aliphatic hydroxyl groups excluding tert-OH is 1. The number of hydrogen-bond donors (Lipinski definition) is 2. The van der Waals surface area contributed by atoms with Gasteiger partial charge in [-0.05, 0) is 20.8 Å². The zero-order chi connectivity index (χ0) is 17.8. The van der Waals surface area contributed by atoms with Crippen LogP contribution in [0.5, 0.6) is 0 Å². The van der Waals surface area contributed by atoms with Gasteiger partial charge in [-0.3, -0.25) is 4.79 Å². The average molecular weight is 328 g/mol. The minimum absolute atomic E-state index is 0.0720. The molecule has 0 spiro atoms. The molecule has 0 heterocycles. The lowest BCUT2D eigenvalue weighted by Gasteiger charge is -2.12.